The maximum Gasteiger partial charge on any atom is 0.255 e. The number of rotatable bonds is 4. The van der Waals surface area contributed by atoms with E-state index in [2.05, 4.69) is 10.4 Å². The highest BCUT2D eigenvalue weighted by molar-refractivity contribution is 6.04. The second kappa shape index (κ2) is 6.44. The largest absolute Gasteiger partial charge is 0.322 e. The molecule has 0 aliphatic rings. The lowest BCUT2D eigenvalue weighted by Crippen LogP contribution is -2.12. The zero-order valence-corrected chi connectivity index (χ0v) is 12.7. The molecule has 0 aliphatic carbocycles. The standard InChI is InChI=1S/C18H16FN3O/c1-13-3-8-16(11-17(13)19)21-18(23)15-6-4-14(5-7-15)12-22-10-2-9-20-22/h2-11H,12H2,1H3,(H,21,23). The van der Waals surface area contributed by atoms with E-state index in [1.54, 1.807) is 37.4 Å². The molecule has 0 bridgehead atoms. The van der Waals surface area contributed by atoms with Gasteiger partial charge in [0.25, 0.3) is 5.91 Å². The Labute approximate surface area is 133 Å². The summed E-state index contributed by atoms with van der Waals surface area (Å²) in [5, 5.41) is 6.84. The fraction of sp³-hybridized carbons (Fsp3) is 0.111. The lowest BCUT2D eigenvalue weighted by molar-refractivity contribution is 0.102. The minimum absolute atomic E-state index is 0.265. The number of anilines is 1. The molecule has 1 N–H and O–H groups in total. The average Bonchev–Trinajstić information content (AvgIpc) is 3.04. The number of amides is 1. The number of hydrogen-bond acceptors (Lipinski definition) is 2. The zero-order chi connectivity index (χ0) is 16.2. The maximum absolute atomic E-state index is 13.5. The van der Waals surface area contributed by atoms with Crippen LogP contribution in [0.5, 0.6) is 0 Å². The molecule has 116 valence electrons. The molecule has 1 aromatic heterocycles. The number of aromatic nitrogens is 2. The molecule has 0 radical (unpaired) electrons. The Hall–Kier alpha value is -2.95. The topological polar surface area (TPSA) is 46.9 Å². The van der Waals surface area contributed by atoms with Gasteiger partial charge < -0.3 is 5.32 Å². The van der Waals surface area contributed by atoms with Crippen LogP contribution in [0, 0.1) is 12.7 Å². The summed E-state index contributed by atoms with van der Waals surface area (Å²) in [5.41, 5.74) is 2.56. The van der Waals surface area contributed by atoms with Crippen LogP contribution in [0.25, 0.3) is 0 Å². The fourth-order valence-electron chi connectivity index (χ4n) is 2.22. The fourth-order valence-corrected chi connectivity index (χ4v) is 2.22. The highest BCUT2D eigenvalue weighted by Crippen LogP contribution is 2.15. The summed E-state index contributed by atoms with van der Waals surface area (Å²) >= 11 is 0. The van der Waals surface area contributed by atoms with Gasteiger partial charge in [-0.2, -0.15) is 5.10 Å². The Morgan fingerprint density at radius 2 is 2.00 bits per heavy atom. The van der Waals surface area contributed by atoms with Gasteiger partial charge in [0.2, 0.25) is 0 Å². The van der Waals surface area contributed by atoms with Gasteiger partial charge in [0, 0.05) is 23.6 Å². The summed E-state index contributed by atoms with van der Waals surface area (Å²) in [6.45, 7) is 2.33. The van der Waals surface area contributed by atoms with Crippen LogP contribution < -0.4 is 5.32 Å². The van der Waals surface area contributed by atoms with Crippen molar-refractivity contribution in [3.8, 4) is 0 Å². The highest BCUT2D eigenvalue weighted by Gasteiger charge is 2.07. The van der Waals surface area contributed by atoms with Crippen LogP contribution >= 0.6 is 0 Å². The van der Waals surface area contributed by atoms with Gasteiger partial charge in [-0.3, -0.25) is 9.48 Å². The quantitative estimate of drug-likeness (QED) is 0.800. The third-order valence-corrected chi connectivity index (χ3v) is 3.55. The van der Waals surface area contributed by atoms with Crippen molar-refractivity contribution in [2.45, 2.75) is 13.5 Å². The smallest absolute Gasteiger partial charge is 0.255 e. The number of nitrogens with one attached hydrogen (secondary N) is 1. The number of carbonyl (C=O) groups excluding carboxylic acids is 1. The molecule has 0 aliphatic heterocycles. The van der Waals surface area contributed by atoms with E-state index in [0.717, 1.165) is 5.56 Å². The van der Waals surface area contributed by atoms with Gasteiger partial charge in [-0.05, 0) is 48.4 Å². The van der Waals surface area contributed by atoms with Crippen LogP contribution in [0.2, 0.25) is 0 Å². The molecule has 1 amide bonds. The second-order valence-corrected chi connectivity index (χ2v) is 5.32. The number of nitrogens with zero attached hydrogens (tertiary/aromatic N) is 2. The van der Waals surface area contributed by atoms with Gasteiger partial charge in [0.05, 0.1) is 6.54 Å². The third kappa shape index (κ3) is 3.63. The van der Waals surface area contributed by atoms with Crippen LogP contribution in [0.4, 0.5) is 10.1 Å². The summed E-state index contributed by atoms with van der Waals surface area (Å²) in [7, 11) is 0. The summed E-state index contributed by atoms with van der Waals surface area (Å²) in [6, 6.07) is 13.8. The van der Waals surface area contributed by atoms with E-state index in [1.807, 2.05) is 29.1 Å². The van der Waals surface area contributed by atoms with Gasteiger partial charge in [-0.25, -0.2) is 4.39 Å². The predicted octanol–water partition coefficient (Wildman–Crippen LogP) is 3.63. The number of benzene rings is 2. The summed E-state index contributed by atoms with van der Waals surface area (Å²) in [4.78, 5) is 12.2. The lowest BCUT2D eigenvalue weighted by atomic mass is 10.1. The Bertz CT molecular complexity index is 811. The molecule has 0 saturated carbocycles. The SMILES string of the molecule is Cc1ccc(NC(=O)c2ccc(Cn3cccn3)cc2)cc1F. The molecule has 0 saturated heterocycles. The molecule has 1 heterocycles. The molecule has 0 atom stereocenters. The number of carbonyl (C=O) groups is 1. The molecule has 0 spiro atoms. The summed E-state index contributed by atoms with van der Waals surface area (Å²) < 4.78 is 15.3. The van der Waals surface area contributed by atoms with E-state index < -0.39 is 0 Å². The van der Waals surface area contributed by atoms with Gasteiger partial charge in [-0.1, -0.05) is 18.2 Å². The van der Waals surface area contributed by atoms with Gasteiger partial charge in [0.15, 0.2) is 0 Å². The number of halogens is 1. The van der Waals surface area contributed by atoms with Gasteiger partial charge in [0.1, 0.15) is 5.82 Å². The summed E-state index contributed by atoms with van der Waals surface area (Å²) in [5.74, 6) is -0.601. The van der Waals surface area contributed by atoms with Crippen LogP contribution in [-0.2, 0) is 6.54 Å². The Kier molecular flexibility index (Phi) is 4.19. The highest BCUT2D eigenvalue weighted by atomic mass is 19.1. The average molecular weight is 309 g/mol. The van der Waals surface area contributed by atoms with Crippen LogP contribution in [0.1, 0.15) is 21.5 Å². The molecule has 23 heavy (non-hydrogen) atoms. The molecule has 3 rings (SSSR count). The minimum Gasteiger partial charge on any atom is -0.322 e. The molecule has 3 aromatic rings. The van der Waals surface area contributed by atoms with Crippen LogP contribution in [0.3, 0.4) is 0 Å². The molecule has 4 nitrogen and oxygen atoms in total. The molecular formula is C18H16FN3O. The Balaban J connectivity index is 1.68. The first-order chi connectivity index (χ1) is 11.1. The van der Waals surface area contributed by atoms with E-state index in [4.69, 9.17) is 0 Å². The molecule has 0 unspecified atom stereocenters. The Morgan fingerprint density at radius 1 is 1.22 bits per heavy atom. The first kappa shape index (κ1) is 15.0. The van der Waals surface area contributed by atoms with Crippen LogP contribution in [-0.4, -0.2) is 15.7 Å². The van der Waals surface area contributed by atoms with E-state index in [9.17, 15) is 9.18 Å². The molecular weight excluding hydrogens is 293 g/mol. The Morgan fingerprint density at radius 3 is 2.65 bits per heavy atom. The van der Waals surface area contributed by atoms with Crippen LogP contribution in [0.15, 0.2) is 60.9 Å². The molecule has 0 fully saturated rings. The van der Waals surface area contributed by atoms with Crippen molar-refractivity contribution in [1.82, 2.24) is 9.78 Å². The van der Waals surface area contributed by atoms with Crippen molar-refractivity contribution < 1.29 is 9.18 Å². The van der Waals surface area contributed by atoms with Crippen molar-refractivity contribution in [2.75, 3.05) is 5.32 Å². The van der Waals surface area contributed by atoms with Crippen molar-refractivity contribution in [1.29, 1.82) is 0 Å². The van der Waals surface area contributed by atoms with Crippen molar-refractivity contribution in [3.63, 3.8) is 0 Å². The normalized spacial score (nSPS) is 10.5. The predicted molar refractivity (Wildman–Crippen MR) is 86.9 cm³/mol. The first-order valence-corrected chi connectivity index (χ1v) is 7.26. The summed E-state index contributed by atoms with van der Waals surface area (Å²) in [6.07, 6.45) is 3.61. The van der Waals surface area contributed by atoms with E-state index in [1.165, 1.54) is 6.07 Å². The van der Waals surface area contributed by atoms with Gasteiger partial charge >= 0.3 is 0 Å². The third-order valence-electron chi connectivity index (χ3n) is 3.55. The van der Waals surface area contributed by atoms with E-state index in [0.29, 0.717) is 23.4 Å². The van der Waals surface area contributed by atoms with Crippen molar-refractivity contribution in [2.24, 2.45) is 0 Å². The molecule has 5 heteroatoms. The number of aryl methyl sites for hydroxylation is 1. The van der Waals surface area contributed by atoms with Crippen molar-refractivity contribution in [3.05, 3.63) is 83.4 Å². The van der Waals surface area contributed by atoms with Gasteiger partial charge in [-0.15, -0.1) is 0 Å². The lowest BCUT2D eigenvalue weighted by Gasteiger charge is -2.07. The minimum atomic E-state index is -0.336. The second-order valence-electron chi connectivity index (χ2n) is 5.32. The monoisotopic (exact) mass is 309 g/mol. The molecule has 2 aromatic carbocycles. The first-order valence-electron chi connectivity index (χ1n) is 7.26. The van der Waals surface area contributed by atoms with E-state index in [-0.39, 0.29) is 11.7 Å². The number of hydrogen-bond donors (Lipinski definition) is 1. The maximum atomic E-state index is 13.5. The zero-order valence-electron chi connectivity index (χ0n) is 12.7. The van der Waals surface area contributed by atoms with Crippen molar-refractivity contribution >= 4 is 11.6 Å². The van der Waals surface area contributed by atoms with E-state index >= 15 is 0 Å².